The van der Waals surface area contributed by atoms with Gasteiger partial charge in [-0.2, -0.15) is 5.26 Å². The highest BCUT2D eigenvalue weighted by Gasteiger charge is 2.26. The zero-order valence-electron chi connectivity index (χ0n) is 14.4. The minimum atomic E-state index is -0.488. The maximum atomic E-state index is 13.2. The van der Waals surface area contributed by atoms with Gasteiger partial charge in [-0.05, 0) is 31.2 Å². The third-order valence-electron chi connectivity index (χ3n) is 3.73. The van der Waals surface area contributed by atoms with Crippen LogP contribution in [0, 0.1) is 11.3 Å². The maximum absolute atomic E-state index is 13.2. The molecule has 25 heavy (non-hydrogen) atoms. The monoisotopic (exact) mass is 339 g/mol. The Morgan fingerprint density at radius 3 is 1.92 bits per heavy atom. The van der Waals surface area contributed by atoms with Crippen molar-refractivity contribution in [3.8, 4) is 23.3 Å². The van der Waals surface area contributed by atoms with Gasteiger partial charge >= 0.3 is 0 Å². The van der Waals surface area contributed by atoms with E-state index in [-0.39, 0.29) is 39.7 Å². The first kappa shape index (κ1) is 18.0. The Morgan fingerprint density at radius 2 is 1.48 bits per heavy atom. The second-order valence-electron chi connectivity index (χ2n) is 5.14. The fourth-order valence-corrected chi connectivity index (χ4v) is 2.49. The van der Waals surface area contributed by atoms with Crippen molar-refractivity contribution in [2.45, 2.75) is 6.92 Å². The first-order chi connectivity index (χ1) is 12.0. The molecule has 0 aliphatic rings. The molecule has 0 amide bonds. The van der Waals surface area contributed by atoms with E-state index in [1.807, 2.05) is 6.07 Å². The lowest BCUT2D eigenvalue weighted by atomic mass is 9.95. The van der Waals surface area contributed by atoms with Crippen LogP contribution in [0.5, 0.6) is 17.2 Å². The quantitative estimate of drug-likeness (QED) is 0.752. The molecule has 0 aliphatic heterocycles. The minimum Gasteiger partial charge on any atom is -0.496 e. The molecule has 0 heterocycles. The molecule has 0 radical (unpaired) electrons. The highest BCUT2D eigenvalue weighted by molar-refractivity contribution is 6.16. The summed E-state index contributed by atoms with van der Waals surface area (Å²) in [6.45, 7) is 1.41. The average molecular weight is 339 g/mol. The molecular weight excluding hydrogens is 322 g/mol. The molecule has 0 N–H and O–H groups in total. The maximum Gasteiger partial charge on any atom is 0.205 e. The molecule has 2 aromatic rings. The summed E-state index contributed by atoms with van der Waals surface area (Å²) >= 11 is 0. The lowest BCUT2D eigenvalue weighted by molar-refractivity contribution is 0.100. The molecule has 0 aliphatic carbocycles. The molecule has 2 aromatic carbocycles. The molecule has 0 bridgehead atoms. The predicted molar refractivity (Wildman–Crippen MR) is 90.7 cm³/mol. The van der Waals surface area contributed by atoms with E-state index in [9.17, 15) is 14.9 Å². The molecule has 128 valence electrons. The first-order valence-corrected chi connectivity index (χ1v) is 7.37. The zero-order valence-corrected chi connectivity index (χ0v) is 14.4. The molecule has 6 heteroatoms. The van der Waals surface area contributed by atoms with Crippen LogP contribution in [0.25, 0.3) is 0 Å². The van der Waals surface area contributed by atoms with E-state index in [2.05, 4.69) is 0 Å². The van der Waals surface area contributed by atoms with Crippen molar-refractivity contribution >= 4 is 11.6 Å². The molecule has 0 saturated carbocycles. The predicted octanol–water partition coefficient (Wildman–Crippen LogP) is 3.02. The van der Waals surface area contributed by atoms with Crippen molar-refractivity contribution in [1.82, 2.24) is 0 Å². The summed E-state index contributed by atoms with van der Waals surface area (Å²) in [5.41, 5.74) is 0.755. The molecule has 2 rings (SSSR count). The van der Waals surface area contributed by atoms with Crippen molar-refractivity contribution in [2.75, 3.05) is 21.3 Å². The van der Waals surface area contributed by atoms with Crippen molar-refractivity contribution in [1.29, 1.82) is 5.26 Å². The van der Waals surface area contributed by atoms with E-state index in [1.54, 1.807) is 12.1 Å². The summed E-state index contributed by atoms with van der Waals surface area (Å²) in [5, 5.41) is 9.34. The van der Waals surface area contributed by atoms with Crippen LogP contribution < -0.4 is 14.2 Å². The van der Waals surface area contributed by atoms with Gasteiger partial charge in [0.1, 0.15) is 28.9 Å². The van der Waals surface area contributed by atoms with E-state index in [4.69, 9.17) is 14.2 Å². The molecule has 0 spiro atoms. The summed E-state index contributed by atoms with van der Waals surface area (Å²) in [6.07, 6.45) is 0. The van der Waals surface area contributed by atoms with Crippen LogP contribution in [0.2, 0.25) is 0 Å². The largest absolute Gasteiger partial charge is 0.496 e. The second kappa shape index (κ2) is 7.49. The lowest BCUT2D eigenvalue weighted by Gasteiger charge is -2.16. The fourth-order valence-electron chi connectivity index (χ4n) is 2.49. The van der Waals surface area contributed by atoms with E-state index < -0.39 is 5.78 Å². The van der Waals surface area contributed by atoms with Crippen molar-refractivity contribution < 1.29 is 23.8 Å². The van der Waals surface area contributed by atoms with E-state index in [1.165, 1.54) is 46.5 Å². The Bertz CT molecular complexity index is 855. The number of hydrogen-bond donors (Lipinski definition) is 0. The number of benzene rings is 2. The second-order valence-corrected chi connectivity index (χ2v) is 5.14. The van der Waals surface area contributed by atoms with Crippen LogP contribution >= 0.6 is 0 Å². The Kier molecular flexibility index (Phi) is 5.40. The highest BCUT2D eigenvalue weighted by Crippen LogP contribution is 2.35. The highest BCUT2D eigenvalue weighted by atomic mass is 16.5. The Morgan fingerprint density at radius 1 is 0.920 bits per heavy atom. The van der Waals surface area contributed by atoms with E-state index in [0.29, 0.717) is 5.56 Å². The number of rotatable bonds is 6. The standard InChI is InChI=1S/C19H17NO5/c1-11(21)13-8-15(24-3)18(16(9-13)25-4)19(22)17-12(10-20)6-5-7-14(17)23-2/h5-9H,1-4H3. The summed E-state index contributed by atoms with van der Waals surface area (Å²) in [5.74, 6) is -0.0408. The zero-order chi connectivity index (χ0) is 18.6. The Hall–Kier alpha value is -3.33. The summed E-state index contributed by atoms with van der Waals surface area (Å²) in [6, 6.07) is 9.68. The number of methoxy groups -OCH3 is 3. The molecule has 0 saturated heterocycles. The topological polar surface area (TPSA) is 85.6 Å². The SMILES string of the molecule is COc1cccc(C#N)c1C(=O)c1c(OC)cc(C(C)=O)cc1OC. The van der Waals surface area contributed by atoms with E-state index >= 15 is 0 Å². The van der Waals surface area contributed by atoms with Gasteiger partial charge in [-0.15, -0.1) is 0 Å². The van der Waals surface area contributed by atoms with E-state index in [0.717, 1.165) is 0 Å². The van der Waals surface area contributed by atoms with Gasteiger partial charge in [-0.1, -0.05) is 6.07 Å². The smallest absolute Gasteiger partial charge is 0.205 e. The fraction of sp³-hybridized carbons (Fsp3) is 0.211. The van der Waals surface area contributed by atoms with Gasteiger partial charge < -0.3 is 14.2 Å². The molecule has 6 nitrogen and oxygen atoms in total. The third-order valence-corrected chi connectivity index (χ3v) is 3.73. The number of hydrogen-bond acceptors (Lipinski definition) is 6. The first-order valence-electron chi connectivity index (χ1n) is 7.37. The van der Waals surface area contributed by atoms with Crippen molar-refractivity contribution in [3.63, 3.8) is 0 Å². The van der Waals surface area contributed by atoms with Crippen LogP contribution in [-0.2, 0) is 0 Å². The number of nitriles is 1. The van der Waals surface area contributed by atoms with Gasteiger partial charge in [0, 0.05) is 5.56 Å². The summed E-state index contributed by atoms with van der Waals surface area (Å²) in [7, 11) is 4.20. The number of nitrogens with zero attached hydrogens (tertiary/aromatic N) is 1. The summed E-state index contributed by atoms with van der Waals surface area (Å²) in [4.78, 5) is 24.8. The number of ether oxygens (including phenoxy) is 3. The normalized spacial score (nSPS) is 9.88. The molecule has 0 unspecified atom stereocenters. The number of ketones is 2. The van der Waals surface area contributed by atoms with Crippen LogP contribution in [0.4, 0.5) is 0 Å². The van der Waals surface area contributed by atoms with Gasteiger partial charge in [-0.25, -0.2) is 0 Å². The lowest BCUT2D eigenvalue weighted by Crippen LogP contribution is -2.11. The molecule has 0 aromatic heterocycles. The summed E-state index contributed by atoms with van der Waals surface area (Å²) < 4.78 is 15.8. The van der Waals surface area contributed by atoms with Crippen LogP contribution in [0.15, 0.2) is 30.3 Å². The van der Waals surface area contributed by atoms with Crippen LogP contribution in [0.3, 0.4) is 0 Å². The molecular formula is C19H17NO5. The van der Waals surface area contributed by atoms with Gasteiger partial charge in [0.15, 0.2) is 5.78 Å². The average Bonchev–Trinajstić information content (AvgIpc) is 2.65. The van der Waals surface area contributed by atoms with Crippen LogP contribution in [0.1, 0.15) is 38.8 Å². The van der Waals surface area contributed by atoms with Gasteiger partial charge in [0.25, 0.3) is 0 Å². The Balaban J connectivity index is 2.77. The van der Waals surface area contributed by atoms with Crippen LogP contribution in [-0.4, -0.2) is 32.9 Å². The van der Waals surface area contributed by atoms with Gasteiger partial charge in [0.2, 0.25) is 5.78 Å². The molecule has 0 fully saturated rings. The van der Waals surface area contributed by atoms with Crippen molar-refractivity contribution in [3.05, 3.63) is 52.6 Å². The van der Waals surface area contributed by atoms with Gasteiger partial charge in [-0.3, -0.25) is 9.59 Å². The number of Topliss-reactive ketones (excluding diaryl/α,β-unsaturated/α-hetero) is 1. The van der Waals surface area contributed by atoms with Crippen molar-refractivity contribution in [2.24, 2.45) is 0 Å². The minimum absolute atomic E-state index is 0.111. The molecule has 0 atom stereocenters. The number of carbonyl (C=O) groups is 2. The Labute approximate surface area is 145 Å². The van der Waals surface area contributed by atoms with Gasteiger partial charge in [0.05, 0.1) is 32.5 Å². The number of carbonyl (C=O) groups excluding carboxylic acids is 2. The third kappa shape index (κ3) is 3.31.